The monoisotopic (exact) mass is 412 g/mol. The van der Waals surface area contributed by atoms with Crippen LogP contribution in [0.15, 0.2) is 77.7 Å². The van der Waals surface area contributed by atoms with Crippen molar-refractivity contribution in [2.75, 3.05) is 0 Å². The van der Waals surface area contributed by atoms with Gasteiger partial charge in [0.2, 0.25) is 0 Å². The first-order chi connectivity index (χ1) is 13.7. The molecule has 3 N–H and O–H groups in total. The van der Waals surface area contributed by atoms with E-state index in [0.717, 1.165) is 6.07 Å². The largest absolute Gasteiger partial charge is 0.508 e. The molecule has 3 aromatic rings. The van der Waals surface area contributed by atoms with Crippen molar-refractivity contribution in [3.63, 3.8) is 0 Å². The summed E-state index contributed by atoms with van der Waals surface area (Å²) in [6.45, 7) is 0. The van der Waals surface area contributed by atoms with Gasteiger partial charge < -0.3 is 19.5 Å². The van der Waals surface area contributed by atoms with E-state index in [4.69, 9.17) is 4.18 Å². The minimum atomic E-state index is -4.13. The molecule has 7 nitrogen and oxygen atoms in total. The third kappa shape index (κ3) is 4.94. The lowest BCUT2D eigenvalue weighted by Gasteiger charge is -2.07. The van der Waals surface area contributed by atoms with Gasteiger partial charge in [-0.3, -0.25) is 4.79 Å². The summed E-state index contributed by atoms with van der Waals surface area (Å²) >= 11 is 0. The van der Waals surface area contributed by atoms with Crippen LogP contribution in [-0.2, 0) is 10.1 Å². The second-order valence-corrected chi connectivity index (χ2v) is 7.55. The highest BCUT2D eigenvalue weighted by Gasteiger charge is 2.17. The van der Waals surface area contributed by atoms with Crippen molar-refractivity contribution in [2.45, 2.75) is 4.90 Å². The summed E-state index contributed by atoms with van der Waals surface area (Å²) in [5.41, 5.74) is 0.540. The first-order valence-electron chi connectivity index (χ1n) is 8.32. The van der Waals surface area contributed by atoms with E-state index in [2.05, 4.69) is 0 Å². The van der Waals surface area contributed by atoms with E-state index in [1.165, 1.54) is 72.8 Å². The van der Waals surface area contributed by atoms with Crippen molar-refractivity contribution in [3.8, 4) is 23.0 Å². The summed E-state index contributed by atoms with van der Waals surface area (Å²) in [4.78, 5) is 12.0. The molecule has 0 atom stereocenters. The number of benzene rings is 3. The highest BCUT2D eigenvalue weighted by Crippen LogP contribution is 2.24. The Morgan fingerprint density at radius 1 is 0.862 bits per heavy atom. The van der Waals surface area contributed by atoms with E-state index >= 15 is 0 Å². The van der Waals surface area contributed by atoms with Gasteiger partial charge in [-0.15, -0.1) is 0 Å². The molecule has 0 aliphatic heterocycles. The fourth-order valence-corrected chi connectivity index (χ4v) is 3.40. The number of aromatic hydroxyl groups is 3. The molecule has 0 saturated heterocycles. The molecule has 148 valence electrons. The lowest BCUT2D eigenvalue weighted by Crippen LogP contribution is -2.09. The van der Waals surface area contributed by atoms with E-state index in [1.807, 2.05) is 0 Å². The normalized spacial score (nSPS) is 11.4. The molecular formula is C21H16O7S. The van der Waals surface area contributed by atoms with Gasteiger partial charge in [0.05, 0.1) is 0 Å². The van der Waals surface area contributed by atoms with Crippen molar-refractivity contribution in [1.82, 2.24) is 0 Å². The number of allylic oxidation sites excluding steroid dienone is 1. The number of carbonyl (C=O) groups excluding carboxylic acids is 1. The van der Waals surface area contributed by atoms with Gasteiger partial charge in [0, 0.05) is 17.2 Å². The van der Waals surface area contributed by atoms with Crippen LogP contribution in [0.1, 0.15) is 15.9 Å². The molecule has 0 aliphatic rings. The van der Waals surface area contributed by atoms with Crippen LogP contribution in [0.2, 0.25) is 0 Å². The fourth-order valence-electron chi connectivity index (χ4n) is 2.43. The highest BCUT2D eigenvalue weighted by atomic mass is 32.2. The predicted octanol–water partition coefficient (Wildman–Crippen LogP) is 3.47. The first kappa shape index (κ1) is 20.0. The van der Waals surface area contributed by atoms with Gasteiger partial charge in [0.15, 0.2) is 5.78 Å². The van der Waals surface area contributed by atoms with Gasteiger partial charge in [-0.05, 0) is 66.7 Å². The Morgan fingerprint density at radius 3 is 2.24 bits per heavy atom. The lowest BCUT2D eigenvalue weighted by molar-refractivity contribution is 0.104. The van der Waals surface area contributed by atoms with E-state index in [9.17, 15) is 28.5 Å². The zero-order chi connectivity index (χ0) is 21.0. The molecule has 0 heterocycles. The Kier molecular flexibility index (Phi) is 5.56. The van der Waals surface area contributed by atoms with Crippen LogP contribution in [-0.4, -0.2) is 29.5 Å². The molecule has 0 fully saturated rings. The minimum absolute atomic E-state index is 0.000464. The standard InChI is InChI=1S/C21H16O7S/c22-16-2-1-3-19(13-16)29(26,27)28-18-8-4-14(5-9-18)20(24)10-6-15-12-17(23)7-11-21(15)25/h1-13,22-23,25H/b10-6+. The highest BCUT2D eigenvalue weighted by molar-refractivity contribution is 7.87. The Hall–Kier alpha value is -3.78. The van der Waals surface area contributed by atoms with Crippen LogP contribution in [0.5, 0.6) is 23.0 Å². The third-order valence-electron chi connectivity index (χ3n) is 3.88. The molecule has 8 heteroatoms. The van der Waals surface area contributed by atoms with Crippen molar-refractivity contribution in [3.05, 3.63) is 83.9 Å². The van der Waals surface area contributed by atoms with Gasteiger partial charge in [0.25, 0.3) is 0 Å². The minimum Gasteiger partial charge on any atom is -0.508 e. The van der Waals surface area contributed by atoms with Crippen molar-refractivity contribution < 1.29 is 32.7 Å². The Labute approximate surface area is 166 Å². The van der Waals surface area contributed by atoms with E-state index in [0.29, 0.717) is 0 Å². The number of ketones is 1. The van der Waals surface area contributed by atoms with E-state index in [1.54, 1.807) is 0 Å². The molecule has 29 heavy (non-hydrogen) atoms. The van der Waals surface area contributed by atoms with Crippen LogP contribution < -0.4 is 4.18 Å². The topological polar surface area (TPSA) is 121 Å². The average molecular weight is 412 g/mol. The molecule has 0 unspecified atom stereocenters. The van der Waals surface area contributed by atoms with Crippen LogP contribution in [0.3, 0.4) is 0 Å². The van der Waals surface area contributed by atoms with Crippen LogP contribution in [0, 0.1) is 0 Å². The van der Waals surface area contributed by atoms with Gasteiger partial charge in [-0.2, -0.15) is 8.42 Å². The molecule has 0 radical (unpaired) electrons. The smallest absolute Gasteiger partial charge is 0.339 e. The summed E-state index contributed by atoms with van der Waals surface area (Å²) in [5, 5.41) is 28.6. The molecular weight excluding hydrogens is 396 g/mol. The van der Waals surface area contributed by atoms with Crippen molar-refractivity contribution in [2.24, 2.45) is 0 Å². The maximum absolute atomic E-state index is 12.3. The van der Waals surface area contributed by atoms with Gasteiger partial charge >= 0.3 is 10.1 Å². The number of carbonyl (C=O) groups is 1. The summed E-state index contributed by atoms with van der Waals surface area (Å²) in [7, 11) is -4.13. The maximum Gasteiger partial charge on any atom is 0.339 e. The quantitative estimate of drug-likeness (QED) is 0.245. The number of phenolic OH excluding ortho intramolecular Hbond substituents is 3. The van der Waals surface area contributed by atoms with E-state index < -0.39 is 15.9 Å². The van der Waals surface area contributed by atoms with Crippen LogP contribution >= 0.6 is 0 Å². The molecule has 0 bridgehead atoms. The zero-order valence-corrected chi connectivity index (χ0v) is 15.7. The summed E-state index contributed by atoms with van der Waals surface area (Å²) in [5.74, 6) is -0.744. The molecule has 0 aromatic heterocycles. The summed E-state index contributed by atoms with van der Waals surface area (Å²) in [6, 6.07) is 14.4. The number of phenols is 3. The molecule has 3 aromatic carbocycles. The Morgan fingerprint density at radius 2 is 1.55 bits per heavy atom. The molecule has 0 amide bonds. The molecule has 0 spiro atoms. The van der Waals surface area contributed by atoms with Gasteiger partial charge in [-0.25, -0.2) is 0 Å². The predicted molar refractivity (Wildman–Crippen MR) is 105 cm³/mol. The fraction of sp³-hybridized carbons (Fsp3) is 0. The first-order valence-corrected chi connectivity index (χ1v) is 9.73. The summed E-state index contributed by atoms with van der Waals surface area (Å²) in [6.07, 6.45) is 2.57. The second kappa shape index (κ2) is 8.07. The number of rotatable bonds is 6. The third-order valence-corrected chi connectivity index (χ3v) is 5.12. The van der Waals surface area contributed by atoms with Crippen molar-refractivity contribution >= 4 is 22.0 Å². The molecule has 3 rings (SSSR count). The summed E-state index contributed by atoms with van der Waals surface area (Å²) < 4.78 is 29.5. The van der Waals surface area contributed by atoms with Gasteiger partial charge in [0.1, 0.15) is 27.9 Å². The SMILES string of the molecule is O=C(/C=C/c1cc(O)ccc1O)c1ccc(OS(=O)(=O)c2cccc(O)c2)cc1. The van der Waals surface area contributed by atoms with Crippen molar-refractivity contribution in [1.29, 1.82) is 0 Å². The number of hydrogen-bond donors (Lipinski definition) is 3. The second-order valence-electron chi connectivity index (χ2n) is 6.00. The average Bonchev–Trinajstić information content (AvgIpc) is 2.69. The zero-order valence-electron chi connectivity index (χ0n) is 14.9. The van der Waals surface area contributed by atoms with E-state index in [-0.39, 0.29) is 39.0 Å². The maximum atomic E-state index is 12.3. The lowest BCUT2D eigenvalue weighted by atomic mass is 10.1. The number of hydrogen-bond acceptors (Lipinski definition) is 7. The van der Waals surface area contributed by atoms with Gasteiger partial charge in [-0.1, -0.05) is 6.07 Å². The van der Waals surface area contributed by atoms with Crippen LogP contribution in [0.25, 0.3) is 6.08 Å². The van der Waals surface area contributed by atoms with Crippen LogP contribution in [0.4, 0.5) is 0 Å². The Bertz CT molecular complexity index is 1180. The molecule has 0 aliphatic carbocycles. The Balaban J connectivity index is 1.73. The molecule has 0 saturated carbocycles.